The fourth-order valence-electron chi connectivity index (χ4n) is 1.65. The Morgan fingerprint density at radius 1 is 1.30 bits per heavy atom. The summed E-state index contributed by atoms with van der Waals surface area (Å²) < 4.78 is 37.4. The Labute approximate surface area is 133 Å². The molecule has 5 nitrogen and oxygen atoms in total. The molecule has 0 amide bonds. The van der Waals surface area contributed by atoms with Gasteiger partial charge in [0.15, 0.2) is 0 Å². The van der Waals surface area contributed by atoms with Crippen molar-refractivity contribution in [1.29, 1.82) is 0 Å². The third kappa shape index (κ3) is 5.06. The highest BCUT2D eigenvalue weighted by Crippen LogP contribution is 2.28. The van der Waals surface area contributed by atoms with E-state index in [0.717, 1.165) is 17.0 Å². The first-order valence-electron chi connectivity index (χ1n) is 6.48. The van der Waals surface area contributed by atoms with Gasteiger partial charge in [0.25, 0.3) is 0 Å². The molecular formula is C14H12F3N3O2S. The SMILES string of the molecule is O=C(O)CC/C(=N\Nc1ccc(C(F)(F)F)cn1)c1cccs1. The lowest BCUT2D eigenvalue weighted by atomic mass is 10.2. The minimum Gasteiger partial charge on any atom is -0.481 e. The molecule has 0 unspecified atom stereocenters. The van der Waals surface area contributed by atoms with Crippen molar-refractivity contribution in [1.82, 2.24) is 4.98 Å². The summed E-state index contributed by atoms with van der Waals surface area (Å²) in [6.45, 7) is 0. The third-order valence-electron chi connectivity index (χ3n) is 2.78. The number of nitrogens with zero attached hydrogens (tertiary/aromatic N) is 2. The lowest BCUT2D eigenvalue weighted by Crippen LogP contribution is -2.08. The summed E-state index contributed by atoms with van der Waals surface area (Å²) in [4.78, 5) is 15.1. The van der Waals surface area contributed by atoms with Crippen molar-refractivity contribution in [3.63, 3.8) is 0 Å². The summed E-state index contributed by atoms with van der Waals surface area (Å²) in [5.74, 6) is -0.815. The predicted molar refractivity (Wildman–Crippen MR) is 80.6 cm³/mol. The fraction of sp³-hybridized carbons (Fsp3) is 0.214. The summed E-state index contributed by atoms with van der Waals surface area (Å²) in [7, 11) is 0. The Kier molecular flexibility index (Phi) is 5.32. The van der Waals surface area contributed by atoms with E-state index in [9.17, 15) is 18.0 Å². The van der Waals surface area contributed by atoms with Crippen LogP contribution in [0.5, 0.6) is 0 Å². The smallest absolute Gasteiger partial charge is 0.417 e. The molecule has 0 aliphatic rings. The molecule has 0 saturated carbocycles. The van der Waals surface area contributed by atoms with E-state index in [1.54, 1.807) is 12.1 Å². The molecule has 0 fully saturated rings. The van der Waals surface area contributed by atoms with Gasteiger partial charge >= 0.3 is 12.1 Å². The number of halogens is 3. The first kappa shape index (κ1) is 16.9. The summed E-state index contributed by atoms with van der Waals surface area (Å²) in [6, 6.07) is 5.64. The van der Waals surface area contributed by atoms with Crippen LogP contribution in [0, 0.1) is 0 Å². The second-order valence-corrected chi connectivity index (χ2v) is 5.42. The number of nitrogens with one attached hydrogen (secondary N) is 1. The number of carbonyl (C=O) groups is 1. The van der Waals surface area contributed by atoms with Gasteiger partial charge in [-0.2, -0.15) is 18.3 Å². The number of alkyl halides is 3. The van der Waals surface area contributed by atoms with Gasteiger partial charge in [-0.15, -0.1) is 11.3 Å². The molecular weight excluding hydrogens is 331 g/mol. The number of anilines is 1. The lowest BCUT2D eigenvalue weighted by molar-refractivity contribution is -0.138. The Bertz CT molecular complexity index is 682. The Morgan fingerprint density at radius 3 is 2.61 bits per heavy atom. The van der Waals surface area contributed by atoms with Crippen LogP contribution in [0.1, 0.15) is 23.3 Å². The number of carboxylic acids is 1. The standard InChI is InChI=1S/C14H12F3N3O2S/c15-14(16,17)9-3-5-12(18-8-9)20-19-10(4-6-13(21)22)11-2-1-7-23-11/h1-3,5,7-8H,4,6H2,(H,18,20)(H,21,22)/b19-10+. The maximum atomic E-state index is 12.5. The monoisotopic (exact) mass is 343 g/mol. The number of hydrazone groups is 1. The highest BCUT2D eigenvalue weighted by molar-refractivity contribution is 7.12. The topological polar surface area (TPSA) is 74.6 Å². The minimum atomic E-state index is -4.45. The summed E-state index contributed by atoms with van der Waals surface area (Å²) >= 11 is 1.39. The van der Waals surface area contributed by atoms with Crippen LogP contribution < -0.4 is 5.43 Å². The number of hydrogen-bond donors (Lipinski definition) is 2. The number of aliphatic carboxylic acids is 1. The number of pyridine rings is 1. The third-order valence-corrected chi connectivity index (χ3v) is 3.70. The van der Waals surface area contributed by atoms with Crippen LogP contribution in [0.15, 0.2) is 40.9 Å². The zero-order valence-electron chi connectivity index (χ0n) is 11.7. The second kappa shape index (κ2) is 7.23. The average Bonchev–Trinajstić information content (AvgIpc) is 3.00. The van der Waals surface area contributed by atoms with Gasteiger partial charge in [0.05, 0.1) is 22.6 Å². The van der Waals surface area contributed by atoms with Gasteiger partial charge in [-0.1, -0.05) is 6.07 Å². The number of hydrogen-bond acceptors (Lipinski definition) is 5. The van der Waals surface area contributed by atoms with E-state index in [0.29, 0.717) is 11.9 Å². The first-order valence-corrected chi connectivity index (χ1v) is 7.35. The van der Waals surface area contributed by atoms with E-state index in [-0.39, 0.29) is 18.7 Å². The van der Waals surface area contributed by atoms with Crippen LogP contribution in [0.2, 0.25) is 0 Å². The maximum Gasteiger partial charge on any atom is 0.417 e. The molecule has 0 spiro atoms. The molecule has 2 aromatic heterocycles. The molecule has 0 aliphatic heterocycles. The molecule has 2 aromatic rings. The van der Waals surface area contributed by atoms with Gasteiger partial charge < -0.3 is 5.11 Å². The maximum absolute atomic E-state index is 12.5. The van der Waals surface area contributed by atoms with Gasteiger partial charge in [0.1, 0.15) is 5.82 Å². The van der Waals surface area contributed by atoms with Crippen molar-refractivity contribution in [2.24, 2.45) is 5.10 Å². The van der Waals surface area contributed by atoms with E-state index in [1.165, 1.54) is 11.3 Å². The van der Waals surface area contributed by atoms with Gasteiger partial charge in [0, 0.05) is 12.6 Å². The molecule has 0 atom stereocenters. The van der Waals surface area contributed by atoms with E-state index in [1.807, 2.05) is 5.38 Å². The Morgan fingerprint density at radius 2 is 2.09 bits per heavy atom. The molecule has 2 rings (SSSR count). The predicted octanol–water partition coefficient (Wildman–Crippen LogP) is 3.84. The molecule has 0 saturated heterocycles. The molecule has 2 heterocycles. The van der Waals surface area contributed by atoms with Crippen molar-refractivity contribution in [2.45, 2.75) is 19.0 Å². The molecule has 0 aliphatic carbocycles. The zero-order chi connectivity index (χ0) is 16.9. The zero-order valence-corrected chi connectivity index (χ0v) is 12.5. The average molecular weight is 343 g/mol. The number of thiophene rings is 1. The van der Waals surface area contributed by atoms with Crippen molar-refractivity contribution >= 4 is 28.8 Å². The van der Waals surface area contributed by atoms with E-state index in [4.69, 9.17) is 5.11 Å². The van der Waals surface area contributed by atoms with E-state index >= 15 is 0 Å². The van der Waals surface area contributed by atoms with Crippen molar-refractivity contribution < 1.29 is 23.1 Å². The van der Waals surface area contributed by atoms with E-state index in [2.05, 4.69) is 15.5 Å². The van der Waals surface area contributed by atoms with Gasteiger partial charge in [-0.3, -0.25) is 10.2 Å². The highest BCUT2D eigenvalue weighted by Gasteiger charge is 2.30. The Hall–Kier alpha value is -2.42. The number of aromatic nitrogens is 1. The van der Waals surface area contributed by atoms with Crippen LogP contribution in [0.25, 0.3) is 0 Å². The normalized spacial score (nSPS) is 12.2. The number of rotatable bonds is 6. The molecule has 23 heavy (non-hydrogen) atoms. The molecule has 0 aromatic carbocycles. The minimum absolute atomic E-state index is 0.0984. The molecule has 122 valence electrons. The summed E-state index contributed by atoms with van der Waals surface area (Å²) in [6.07, 6.45) is -3.64. The lowest BCUT2D eigenvalue weighted by Gasteiger charge is -2.07. The van der Waals surface area contributed by atoms with E-state index < -0.39 is 17.7 Å². The first-order chi connectivity index (χ1) is 10.9. The van der Waals surface area contributed by atoms with Gasteiger partial charge in [-0.25, -0.2) is 4.98 Å². The molecule has 0 bridgehead atoms. The summed E-state index contributed by atoms with van der Waals surface area (Å²) in [5, 5.41) is 14.7. The largest absolute Gasteiger partial charge is 0.481 e. The van der Waals surface area contributed by atoms with Crippen molar-refractivity contribution in [3.8, 4) is 0 Å². The van der Waals surface area contributed by atoms with Crippen molar-refractivity contribution in [3.05, 3.63) is 46.3 Å². The molecule has 2 N–H and O–H groups in total. The Balaban J connectivity index is 2.12. The van der Waals surface area contributed by atoms with Crippen LogP contribution in [-0.2, 0) is 11.0 Å². The molecule has 0 radical (unpaired) electrons. The summed E-state index contributed by atoms with van der Waals surface area (Å²) in [5.41, 5.74) is 2.21. The van der Waals surface area contributed by atoms with Crippen molar-refractivity contribution in [2.75, 3.05) is 5.43 Å². The quantitative estimate of drug-likeness (QED) is 0.617. The van der Waals surface area contributed by atoms with Crippen LogP contribution >= 0.6 is 11.3 Å². The van der Waals surface area contributed by atoms with Crippen LogP contribution in [0.3, 0.4) is 0 Å². The fourth-order valence-corrected chi connectivity index (χ4v) is 2.40. The van der Waals surface area contributed by atoms with Crippen LogP contribution in [0.4, 0.5) is 19.0 Å². The highest BCUT2D eigenvalue weighted by atomic mass is 32.1. The molecule has 9 heteroatoms. The van der Waals surface area contributed by atoms with Gasteiger partial charge in [-0.05, 0) is 23.6 Å². The number of carboxylic acid groups (broad SMARTS) is 1. The van der Waals surface area contributed by atoms with Crippen LogP contribution in [-0.4, -0.2) is 21.8 Å². The van der Waals surface area contributed by atoms with Gasteiger partial charge in [0.2, 0.25) is 0 Å². The second-order valence-electron chi connectivity index (χ2n) is 4.47.